The van der Waals surface area contributed by atoms with Gasteiger partial charge in [-0.05, 0) is 55.5 Å². The number of piperidine rings is 1. The average Bonchev–Trinajstić information content (AvgIpc) is 3.10. The molecule has 2 heterocycles. The summed E-state index contributed by atoms with van der Waals surface area (Å²) in [6.45, 7) is 3.85. The van der Waals surface area contributed by atoms with Gasteiger partial charge in [-0.25, -0.2) is 4.39 Å². The predicted octanol–water partition coefficient (Wildman–Crippen LogP) is 4.34. The van der Waals surface area contributed by atoms with Crippen molar-refractivity contribution in [2.75, 3.05) is 33.2 Å². The first-order valence-corrected chi connectivity index (χ1v) is 10.8. The number of nitrogens with zero attached hydrogens (tertiary/aromatic N) is 3. The second-order valence-electron chi connectivity index (χ2n) is 8.54. The number of carbonyl (C=O) groups is 1. The van der Waals surface area contributed by atoms with Crippen molar-refractivity contribution in [3.8, 4) is 0 Å². The third-order valence-electron chi connectivity index (χ3n) is 6.24. The SMILES string of the molecule is CN(C[C@@H]1CCCN(CCc2ccc(F)cc2)C1)C(=O)c1cn(C)c2ccccc12. The van der Waals surface area contributed by atoms with Crippen molar-refractivity contribution in [3.63, 3.8) is 0 Å². The van der Waals surface area contributed by atoms with Crippen molar-refractivity contribution in [2.24, 2.45) is 13.0 Å². The molecule has 1 aliphatic rings. The summed E-state index contributed by atoms with van der Waals surface area (Å²) in [7, 11) is 3.90. The van der Waals surface area contributed by atoms with Crippen molar-refractivity contribution in [1.82, 2.24) is 14.4 Å². The Morgan fingerprint density at radius 1 is 1.17 bits per heavy atom. The Morgan fingerprint density at radius 3 is 2.73 bits per heavy atom. The topological polar surface area (TPSA) is 28.5 Å². The number of para-hydroxylation sites is 1. The largest absolute Gasteiger partial charge is 0.350 e. The van der Waals surface area contributed by atoms with Gasteiger partial charge in [0.05, 0.1) is 5.56 Å². The van der Waals surface area contributed by atoms with E-state index in [1.165, 1.54) is 17.7 Å². The fourth-order valence-corrected chi connectivity index (χ4v) is 4.63. The zero-order valence-electron chi connectivity index (χ0n) is 17.9. The van der Waals surface area contributed by atoms with Gasteiger partial charge >= 0.3 is 0 Å². The average molecular weight is 408 g/mol. The Balaban J connectivity index is 1.35. The van der Waals surface area contributed by atoms with Gasteiger partial charge in [-0.2, -0.15) is 0 Å². The van der Waals surface area contributed by atoms with Crippen LogP contribution in [0.3, 0.4) is 0 Å². The molecule has 0 saturated carbocycles. The minimum atomic E-state index is -0.185. The maximum Gasteiger partial charge on any atom is 0.255 e. The van der Waals surface area contributed by atoms with Crippen molar-refractivity contribution < 1.29 is 9.18 Å². The van der Waals surface area contributed by atoms with Gasteiger partial charge in [0, 0.05) is 50.8 Å². The predicted molar refractivity (Wildman–Crippen MR) is 119 cm³/mol. The van der Waals surface area contributed by atoms with Crippen LogP contribution in [-0.2, 0) is 13.5 Å². The monoisotopic (exact) mass is 407 g/mol. The van der Waals surface area contributed by atoms with Crippen LogP contribution >= 0.6 is 0 Å². The molecule has 1 atom stereocenters. The van der Waals surface area contributed by atoms with Crippen LogP contribution in [-0.4, -0.2) is 53.5 Å². The number of carbonyl (C=O) groups excluding carboxylic acids is 1. The Hall–Kier alpha value is -2.66. The minimum absolute atomic E-state index is 0.0928. The number of halogens is 1. The maximum absolute atomic E-state index is 13.1. The minimum Gasteiger partial charge on any atom is -0.350 e. The molecule has 2 aromatic carbocycles. The molecule has 5 heteroatoms. The number of benzene rings is 2. The number of hydrogen-bond donors (Lipinski definition) is 0. The fraction of sp³-hybridized carbons (Fsp3) is 0.400. The maximum atomic E-state index is 13.1. The van der Waals surface area contributed by atoms with Crippen LogP contribution in [0.15, 0.2) is 54.7 Å². The normalized spacial score (nSPS) is 17.4. The van der Waals surface area contributed by atoms with E-state index in [-0.39, 0.29) is 11.7 Å². The van der Waals surface area contributed by atoms with E-state index >= 15 is 0 Å². The lowest BCUT2D eigenvalue weighted by Crippen LogP contribution is -2.42. The summed E-state index contributed by atoms with van der Waals surface area (Å²) in [6, 6.07) is 14.9. The molecule has 3 aromatic rings. The molecule has 158 valence electrons. The van der Waals surface area contributed by atoms with Crippen LogP contribution in [0.2, 0.25) is 0 Å². The number of aromatic nitrogens is 1. The summed E-state index contributed by atoms with van der Waals surface area (Å²) in [5.41, 5.74) is 3.03. The lowest BCUT2D eigenvalue weighted by molar-refractivity contribution is 0.0732. The zero-order chi connectivity index (χ0) is 21.1. The summed E-state index contributed by atoms with van der Waals surface area (Å²) in [6.07, 6.45) is 5.18. The third-order valence-corrected chi connectivity index (χ3v) is 6.24. The van der Waals surface area contributed by atoms with E-state index in [1.807, 2.05) is 66.2 Å². The highest BCUT2D eigenvalue weighted by atomic mass is 19.1. The molecule has 1 saturated heterocycles. The lowest BCUT2D eigenvalue weighted by atomic mass is 9.96. The van der Waals surface area contributed by atoms with E-state index in [4.69, 9.17) is 0 Å². The van der Waals surface area contributed by atoms with E-state index < -0.39 is 0 Å². The Morgan fingerprint density at radius 2 is 1.93 bits per heavy atom. The number of fused-ring (bicyclic) bond motifs is 1. The molecule has 0 spiro atoms. The molecule has 1 amide bonds. The van der Waals surface area contributed by atoms with Crippen LogP contribution in [0, 0.1) is 11.7 Å². The molecule has 0 aliphatic carbocycles. The van der Waals surface area contributed by atoms with E-state index in [0.29, 0.717) is 5.92 Å². The van der Waals surface area contributed by atoms with Crippen molar-refractivity contribution >= 4 is 16.8 Å². The molecular weight excluding hydrogens is 377 g/mol. The van der Waals surface area contributed by atoms with E-state index in [2.05, 4.69) is 4.90 Å². The highest BCUT2D eigenvalue weighted by Gasteiger charge is 2.24. The molecule has 0 unspecified atom stereocenters. The molecule has 4 nitrogen and oxygen atoms in total. The standard InChI is InChI=1S/C25H30FN3O/c1-27-18-23(22-7-3-4-8-24(22)27)25(30)28(2)16-20-6-5-14-29(17-20)15-13-19-9-11-21(26)12-10-19/h3-4,7-12,18,20H,5-6,13-17H2,1-2H3/t20-/m0/s1. The molecule has 0 radical (unpaired) electrons. The van der Waals surface area contributed by atoms with Gasteiger partial charge in [0.15, 0.2) is 0 Å². The highest BCUT2D eigenvalue weighted by molar-refractivity contribution is 6.06. The quantitative estimate of drug-likeness (QED) is 0.608. The number of rotatable bonds is 6. The molecule has 1 aliphatic heterocycles. The van der Waals surface area contributed by atoms with Gasteiger partial charge in [-0.15, -0.1) is 0 Å². The molecule has 30 heavy (non-hydrogen) atoms. The number of hydrogen-bond acceptors (Lipinski definition) is 2. The number of amides is 1. The summed E-state index contributed by atoms with van der Waals surface area (Å²) in [4.78, 5) is 17.5. The molecule has 1 aromatic heterocycles. The summed E-state index contributed by atoms with van der Waals surface area (Å²) < 4.78 is 15.1. The van der Waals surface area contributed by atoms with Crippen molar-refractivity contribution in [3.05, 3.63) is 71.7 Å². The first-order chi connectivity index (χ1) is 14.5. The number of likely N-dealkylation sites (tertiary alicyclic amines) is 1. The molecule has 1 fully saturated rings. The second-order valence-corrected chi connectivity index (χ2v) is 8.54. The molecule has 0 N–H and O–H groups in total. The zero-order valence-corrected chi connectivity index (χ0v) is 17.9. The van der Waals surface area contributed by atoms with Crippen LogP contribution < -0.4 is 0 Å². The third kappa shape index (κ3) is 4.57. The highest BCUT2D eigenvalue weighted by Crippen LogP contribution is 2.23. The van der Waals surface area contributed by atoms with E-state index in [0.717, 1.165) is 61.9 Å². The summed E-state index contributed by atoms with van der Waals surface area (Å²) in [5, 5.41) is 1.02. The Kier molecular flexibility index (Phi) is 6.18. The smallest absolute Gasteiger partial charge is 0.255 e. The van der Waals surface area contributed by atoms with Crippen molar-refractivity contribution in [2.45, 2.75) is 19.3 Å². The fourth-order valence-electron chi connectivity index (χ4n) is 4.63. The first-order valence-electron chi connectivity index (χ1n) is 10.8. The van der Waals surface area contributed by atoms with E-state index in [1.54, 1.807) is 0 Å². The first kappa shape index (κ1) is 20.6. The Bertz CT molecular complexity index is 1010. The molecule has 4 rings (SSSR count). The molecule has 0 bridgehead atoms. The van der Waals surface area contributed by atoms with Crippen LogP contribution in [0.1, 0.15) is 28.8 Å². The van der Waals surface area contributed by atoms with Gasteiger partial charge < -0.3 is 14.4 Å². The van der Waals surface area contributed by atoms with Gasteiger partial charge in [0.2, 0.25) is 0 Å². The van der Waals surface area contributed by atoms with Gasteiger partial charge in [-0.3, -0.25) is 4.79 Å². The van der Waals surface area contributed by atoms with Gasteiger partial charge in [0.1, 0.15) is 5.82 Å². The van der Waals surface area contributed by atoms with Crippen LogP contribution in [0.4, 0.5) is 4.39 Å². The van der Waals surface area contributed by atoms with Crippen LogP contribution in [0.5, 0.6) is 0 Å². The summed E-state index contributed by atoms with van der Waals surface area (Å²) >= 11 is 0. The molecular formula is C25H30FN3O. The summed E-state index contributed by atoms with van der Waals surface area (Å²) in [5.74, 6) is 0.391. The second kappa shape index (κ2) is 9.00. The van der Waals surface area contributed by atoms with Gasteiger partial charge in [-0.1, -0.05) is 30.3 Å². The van der Waals surface area contributed by atoms with Gasteiger partial charge in [0.25, 0.3) is 5.91 Å². The Labute approximate surface area is 177 Å². The lowest BCUT2D eigenvalue weighted by Gasteiger charge is -2.34. The van der Waals surface area contributed by atoms with Crippen molar-refractivity contribution in [1.29, 1.82) is 0 Å². The van der Waals surface area contributed by atoms with Crippen LogP contribution in [0.25, 0.3) is 10.9 Å². The van der Waals surface area contributed by atoms with E-state index in [9.17, 15) is 9.18 Å². The number of aryl methyl sites for hydroxylation is 1.